The average molecular weight is 178 g/mol. The van der Waals surface area contributed by atoms with Crippen molar-refractivity contribution in [3.8, 4) is 6.07 Å². The van der Waals surface area contributed by atoms with E-state index in [1.807, 2.05) is 6.92 Å². The summed E-state index contributed by atoms with van der Waals surface area (Å²) in [5.74, 6) is 0. The lowest BCUT2D eigenvalue weighted by molar-refractivity contribution is 0.668. The maximum atomic E-state index is 8.73. The minimum atomic E-state index is -0.243. The SMILES string of the molecule is CC(=N)/C(N)=C\N[C@H]1C[C@@]1(C)C#N. The lowest BCUT2D eigenvalue weighted by atomic mass is 10.2. The molecule has 1 rings (SSSR count). The molecule has 0 heterocycles. The van der Waals surface area contributed by atoms with Gasteiger partial charge in [0, 0.05) is 12.2 Å². The van der Waals surface area contributed by atoms with Crippen molar-refractivity contribution in [1.29, 1.82) is 10.7 Å². The van der Waals surface area contributed by atoms with Gasteiger partial charge in [-0.25, -0.2) is 0 Å². The highest BCUT2D eigenvalue weighted by Crippen LogP contribution is 2.44. The van der Waals surface area contributed by atoms with Crippen LogP contribution in [0, 0.1) is 22.2 Å². The van der Waals surface area contributed by atoms with Gasteiger partial charge in [-0.2, -0.15) is 5.26 Å². The Kier molecular flexibility index (Phi) is 2.28. The van der Waals surface area contributed by atoms with Crippen LogP contribution < -0.4 is 11.1 Å². The summed E-state index contributed by atoms with van der Waals surface area (Å²) in [6.07, 6.45) is 2.46. The molecule has 0 radical (unpaired) electrons. The predicted molar refractivity (Wildman–Crippen MR) is 50.9 cm³/mol. The second kappa shape index (κ2) is 3.09. The Labute approximate surface area is 77.9 Å². The third-order valence-corrected chi connectivity index (χ3v) is 2.37. The smallest absolute Gasteiger partial charge is 0.0766 e. The van der Waals surface area contributed by atoms with Crippen LogP contribution in [0.15, 0.2) is 11.9 Å². The fourth-order valence-corrected chi connectivity index (χ4v) is 1.03. The molecular weight excluding hydrogens is 164 g/mol. The highest BCUT2D eigenvalue weighted by molar-refractivity contribution is 5.94. The third kappa shape index (κ3) is 2.00. The van der Waals surface area contributed by atoms with Crippen molar-refractivity contribution in [3.05, 3.63) is 11.9 Å². The highest BCUT2D eigenvalue weighted by atomic mass is 15.0. The molecule has 0 amide bonds. The minimum absolute atomic E-state index is 0.190. The summed E-state index contributed by atoms with van der Waals surface area (Å²) in [4.78, 5) is 0. The highest BCUT2D eigenvalue weighted by Gasteiger charge is 2.50. The van der Waals surface area contributed by atoms with Crippen LogP contribution in [0.3, 0.4) is 0 Å². The zero-order chi connectivity index (χ0) is 10.1. The third-order valence-electron chi connectivity index (χ3n) is 2.37. The van der Waals surface area contributed by atoms with Gasteiger partial charge in [-0.1, -0.05) is 0 Å². The van der Waals surface area contributed by atoms with Crippen molar-refractivity contribution in [2.75, 3.05) is 0 Å². The molecular formula is C9H14N4. The van der Waals surface area contributed by atoms with Crippen molar-refractivity contribution in [2.45, 2.75) is 26.3 Å². The predicted octanol–water partition coefficient (Wildman–Crippen LogP) is 0.718. The second-order valence-electron chi connectivity index (χ2n) is 3.68. The molecule has 4 N–H and O–H groups in total. The normalized spacial score (nSPS) is 32.1. The van der Waals surface area contributed by atoms with Gasteiger partial charge < -0.3 is 16.5 Å². The number of nitrogens with one attached hydrogen (secondary N) is 2. The fourth-order valence-electron chi connectivity index (χ4n) is 1.03. The largest absolute Gasteiger partial charge is 0.396 e. The number of nitrogens with zero attached hydrogens (tertiary/aromatic N) is 1. The molecule has 4 heteroatoms. The molecule has 0 aromatic heterocycles. The molecule has 1 aliphatic rings. The molecule has 70 valence electrons. The number of rotatable bonds is 3. The number of nitriles is 1. The van der Waals surface area contributed by atoms with Crippen molar-refractivity contribution >= 4 is 5.71 Å². The molecule has 0 aromatic rings. The molecule has 2 atom stereocenters. The van der Waals surface area contributed by atoms with Gasteiger partial charge in [0.2, 0.25) is 0 Å². The van der Waals surface area contributed by atoms with Crippen LogP contribution in [0.5, 0.6) is 0 Å². The van der Waals surface area contributed by atoms with E-state index in [0.717, 1.165) is 6.42 Å². The van der Waals surface area contributed by atoms with E-state index in [2.05, 4.69) is 11.4 Å². The lowest BCUT2D eigenvalue weighted by Gasteiger charge is -2.02. The summed E-state index contributed by atoms with van der Waals surface area (Å²) in [6.45, 7) is 3.54. The molecule has 1 saturated carbocycles. The molecule has 0 saturated heterocycles. The first kappa shape index (κ1) is 9.59. The minimum Gasteiger partial charge on any atom is -0.396 e. The maximum Gasteiger partial charge on any atom is 0.0766 e. The van der Waals surface area contributed by atoms with E-state index in [0.29, 0.717) is 11.4 Å². The Bertz CT molecular complexity index is 299. The molecule has 0 unspecified atom stereocenters. The summed E-state index contributed by atoms with van der Waals surface area (Å²) in [5.41, 5.74) is 6.03. The molecule has 0 aliphatic heterocycles. The Morgan fingerprint density at radius 2 is 2.46 bits per heavy atom. The van der Waals surface area contributed by atoms with Crippen molar-refractivity contribution < 1.29 is 0 Å². The van der Waals surface area contributed by atoms with Crippen LogP contribution in [0.4, 0.5) is 0 Å². The Morgan fingerprint density at radius 1 is 1.85 bits per heavy atom. The maximum absolute atomic E-state index is 8.73. The molecule has 13 heavy (non-hydrogen) atoms. The van der Waals surface area contributed by atoms with E-state index in [9.17, 15) is 0 Å². The van der Waals surface area contributed by atoms with Crippen LogP contribution in [-0.4, -0.2) is 11.8 Å². The molecule has 0 spiro atoms. The molecule has 1 aliphatic carbocycles. The van der Waals surface area contributed by atoms with Crippen molar-refractivity contribution in [2.24, 2.45) is 11.1 Å². The van der Waals surface area contributed by atoms with Gasteiger partial charge in [0.05, 0.1) is 22.9 Å². The van der Waals surface area contributed by atoms with Crippen LogP contribution >= 0.6 is 0 Å². The van der Waals surface area contributed by atoms with Gasteiger partial charge in [-0.15, -0.1) is 0 Å². The summed E-state index contributed by atoms with van der Waals surface area (Å²) >= 11 is 0. The summed E-state index contributed by atoms with van der Waals surface area (Å²) in [5, 5.41) is 19.0. The Morgan fingerprint density at radius 3 is 2.85 bits per heavy atom. The quantitative estimate of drug-likeness (QED) is 0.556. The van der Waals surface area contributed by atoms with Crippen LogP contribution in [0.1, 0.15) is 20.3 Å². The average Bonchev–Trinajstić information content (AvgIpc) is 2.74. The summed E-state index contributed by atoms with van der Waals surface area (Å²) in [7, 11) is 0. The molecule has 0 aromatic carbocycles. The Hall–Kier alpha value is -1.50. The van der Waals surface area contributed by atoms with Crippen molar-refractivity contribution in [1.82, 2.24) is 5.32 Å². The van der Waals surface area contributed by atoms with E-state index in [1.54, 1.807) is 13.1 Å². The first-order valence-corrected chi connectivity index (χ1v) is 4.18. The van der Waals surface area contributed by atoms with Gasteiger partial charge >= 0.3 is 0 Å². The number of nitrogens with two attached hydrogens (primary N) is 1. The molecule has 0 bridgehead atoms. The van der Waals surface area contributed by atoms with Crippen LogP contribution in [0.2, 0.25) is 0 Å². The first-order chi connectivity index (χ1) is 5.99. The zero-order valence-corrected chi connectivity index (χ0v) is 7.89. The van der Waals surface area contributed by atoms with Crippen molar-refractivity contribution in [3.63, 3.8) is 0 Å². The van der Waals surface area contributed by atoms with E-state index >= 15 is 0 Å². The van der Waals surface area contributed by atoms with Gasteiger partial charge in [0.25, 0.3) is 0 Å². The first-order valence-electron chi connectivity index (χ1n) is 4.18. The molecule has 1 fully saturated rings. The number of allylic oxidation sites excluding steroid dienone is 1. The van der Waals surface area contributed by atoms with Crippen LogP contribution in [-0.2, 0) is 0 Å². The van der Waals surface area contributed by atoms with Crippen LogP contribution in [0.25, 0.3) is 0 Å². The lowest BCUT2D eigenvalue weighted by Crippen LogP contribution is -2.19. The van der Waals surface area contributed by atoms with E-state index < -0.39 is 0 Å². The van der Waals surface area contributed by atoms with E-state index in [-0.39, 0.29) is 11.5 Å². The van der Waals surface area contributed by atoms with Gasteiger partial charge in [-0.3, -0.25) is 0 Å². The monoisotopic (exact) mass is 178 g/mol. The zero-order valence-electron chi connectivity index (χ0n) is 7.89. The Balaban J connectivity index is 2.43. The standard InChI is InChI=1S/C9H14N4/c1-6(11)7(12)4-13-8-3-9(8,2)5-10/h4,8,11,13H,3,12H2,1-2H3/b7-4+,11-6?/t8-,9-/m0/s1. The van der Waals surface area contributed by atoms with Gasteiger partial charge in [0.1, 0.15) is 0 Å². The summed E-state index contributed by atoms with van der Waals surface area (Å²) in [6, 6.07) is 2.42. The van der Waals surface area contributed by atoms with Gasteiger partial charge in [-0.05, 0) is 20.3 Å². The van der Waals surface area contributed by atoms with E-state index in [4.69, 9.17) is 16.4 Å². The molecule has 4 nitrogen and oxygen atoms in total. The fraction of sp³-hybridized carbons (Fsp3) is 0.556. The number of hydrogen-bond acceptors (Lipinski definition) is 4. The topological polar surface area (TPSA) is 85.7 Å². The summed E-state index contributed by atoms with van der Waals surface area (Å²) < 4.78 is 0. The van der Waals surface area contributed by atoms with Gasteiger partial charge in [0.15, 0.2) is 0 Å². The second-order valence-corrected chi connectivity index (χ2v) is 3.68. The van der Waals surface area contributed by atoms with E-state index in [1.165, 1.54) is 0 Å². The number of hydrogen-bond donors (Lipinski definition) is 3.